The molecule has 3 N–H and O–H groups in total. The molecule has 0 aliphatic rings. The van der Waals surface area contributed by atoms with Crippen LogP contribution < -0.4 is 11.3 Å². The molecular formula is C13H21ClN2. The molecule has 1 rings (SSSR count). The summed E-state index contributed by atoms with van der Waals surface area (Å²) in [6.07, 6.45) is 2.32. The molecule has 16 heavy (non-hydrogen) atoms. The van der Waals surface area contributed by atoms with Crippen LogP contribution in [0.15, 0.2) is 18.2 Å². The highest BCUT2D eigenvalue weighted by Gasteiger charge is 2.19. The van der Waals surface area contributed by atoms with Gasteiger partial charge in [0.25, 0.3) is 0 Å². The van der Waals surface area contributed by atoms with Gasteiger partial charge in [-0.1, -0.05) is 37.9 Å². The predicted octanol–water partition coefficient (Wildman–Crippen LogP) is 3.59. The topological polar surface area (TPSA) is 38.0 Å². The van der Waals surface area contributed by atoms with Gasteiger partial charge in [-0.2, -0.15) is 0 Å². The summed E-state index contributed by atoms with van der Waals surface area (Å²) in [7, 11) is 0. The minimum Gasteiger partial charge on any atom is -0.271 e. The van der Waals surface area contributed by atoms with Crippen LogP contribution in [0.5, 0.6) is 0 Å². The molecule has 0 radical (unpaired) electrons. The van der Waals surface area contributed by atoms with Gasteiger partial charge in [-0.05, 0) is 42.5 Å². The van der Waals surface area contributed by atoms with Crippen LogP contribution in [-0.2, 0) is 0 Å². The first-order valence-corrected chi connectivity index (χ1v) is 6.20. The summed E-state index contributed by atoms with van der Waals surface area (Å²) in [6.45, 7) is 6.50. The van der Waals surface area contributed by atoms with Gasteiger partial charge >= 0.3 is 0 Å². The smallest absolute Gasteiger partial charge is 0.0488 e. The van der Waals surface area contributed by atoms with Crippen LogP contribution in [0.4, 0.5) is 0 Å². The van der Waals surface area contributed by atoms with E-state index < -0.39 is 0 Å². The fourth-order valence-corrected chi connectivity index (χ4v) is 2.31. The summed E-state index contributed by atoms with van der Waals surface area (Å²) in [5.74, 6) is 6.17. The van der Waals surface area contributed by atoms with E-state index in [1.807, 2.05) is 18.2 Å². The van der Waals surface area contributed by atoms with Crippen LogP contribution in [0.3, 0.4) is 0 Å². The van der Waals surface area contributed by atoms with Crippen LogP contribution in [0.2, 0.25) is 5.02 Å². The summed E-state index contributed by atoms with van der Waals surface area (Å²) in [5.41, 5.74) is 5.35. The molecule has 0 aromatic heterocycles. The monoisotopic (exact) mass is 240 g/mol. The number of nitrogens with one attached hydrogen (secondary N) is 1. The normalized spacial score (nSPS) is 14.8. The standard InChI is InChI=1S/C13H21ClN2/c1-4-5-10(3)13(16-15)12-8-11(14)7-6-9(12)2/h6-8,10,13,16H,4-5,15H2,1-3H3. The van der Waals surface area contributed by atoms with Crippen LogP contribution in [0.25, 0.3) is 0 Å². The molecule has 1 aromatic rings. The van der Waals surface area contributed by atoms with E-state index in [-0.39, 0.29) is 6.04 Å². The van der Waals surface area contributed by atoms with Crippen molar-refractivity contribution in [3.8, 4) is 0 Å². The molecule has 0 aliphatic heterocycles. The lowest BCUT2D eigenvalue weighted by Gasteiger charge is -2.25. The molecule has 0 bridgehead atoms. The van der Waals surface area contributed by atoms with E-state index in [4.69, 9.17) is 17.4 Å². The maximum absolute atomic E-state index is 6.03. The van der Waals surface area contributed by atoms with Crippen molar-refractivity contribution in [3.63, 3.8) is 0 Å². The Hall–Kier alpha value is -0.570. The summed E-state index contributed by atoms with van der Waals surface area (Å²) in [4.78, 5) is 0. The Labute approximate surface area is 103 Å². The average molecular weight is 241 g/mol. The summed E-state index contributed by atoms with van der Waals surface area (Å²) in [5, 5.41) is 0.768. The number of rotatable bonds is 5. The Kier molecular flexibility index (Phi) is 5.26. The third-order valence-electron chi connectivity index (χ3n) is 3.07. The van der Waals surface area contributed by atoms with Gasteiger partial charge < -0.3 is 0 Å². The molecular weight excluding hydrogens is 220 g/mol. The molecule has 0 heterocycles. The number of halogens is 1. The molecule has 0 aliphatic carbocycles. The Balaban J connectivity index is 2.98. The fourth-order valence-electron chi connectivity index (χ4n) is 2.13. The average Bonchev–Trinajstić information content (AvgIpc) is 2.24. The zero-order valence-corrected chi connectivity index (χ0v) is 11.0. The number of nitrogens with two attached hydrogens (primary N) is 1. The van der Waals surface area contributed by atoms with E-state index in [1.165, 1.54) is 17.5 Å². The molecule has 1 aromatic carbocycles. The lowest BCUT2D eigenvalue weighted by Crippen LogP contribution is -2.33. The maximum Gasteiger partial charge on any atom is 0.0488 e. The molecule has 2 nitrogen and oxygen atoms in total. The van der Waals surface area contributed by atoms with Crippen LogP contribution in [0, 0.1) is 12.8 Å². The Morgan fingerprint density at radius 2 is 2.12 bits per heavy atom. The molecule has 90 valence electrons. The van der Waals surface area contributed by atoms with Gasteiger partial charge in [0.1, 0.15) is 0 Å². The van der Waals surface area contributed by atoms with Crippen molar-refractivity contribution in [2.24, 2.45) is 11.8 Å². The van der Waals surface area contributed by atoms with Gasteiger partial charge in [-0.25, -0.2) is 0 Å². The van der Waals surface area contributed by atoms with Crippen LogP contribution in [0.1, 0.15) is 43.9 Å². The van der Waals surface area contributed by atoms with Crippen molar-refractivity contribution in [3.05, 3.63) is 34.3 Å². The lowest BCUT2D eigenvalue weighted by atomic mass is 9.89. The zero-order chi connectivity index (χ0) is 12.1. The highest BCUT2D eigenvalue weighted by molar-refractivity contribution is 6.30. The zero-order valence-electron chi connectivity index (χ0n) is 10.3. The van der Waals surface area contributed by atoms with Crippen LogP contribution in [-0.4, -0.2) is 0 Å². The van der Waals surface area contributed by atoms with E-state index in [1.54, 1.807) is 0 Å². The number of hydrogen-bond acceptors (Lipinski definition) is 2. The van der Waals surface area contributed by atoms with Crippen molar-refractivity contribution >= 4 is 11.6 Å². The predicted molar refractivity (Wildman–Crippen MR) is 70.3 cm³/mol. The number of aryl methyl sites for hydroxylation is 1. The van der Waals surface area contributed by atoms with Crippen molar-refractivity contribution in [1.29, 1.82) is 0 Å². The van der Waals surface area contributed by atoms with E-state index in [2.05, 4.69) is 26.2 Å². The first-order chi connectivity index (χ1) is 7.60. The molecule has 0 saturated carbocycles. The van der Waals surface area contributed by atoms with E-state index in [9.17, 15) is 0 Å². The van der Waals surface area contributed by atoms with E-state index in [0.29, 0.717) is 5.92 Å². The first-order valence-electron chi connectivity index (χ1n) is 5.82. The summed E-state index contributed by atoms with van der Waals surface area (Å²) >= 11 is 6.03. The highest BCUT2D eigenvalue weighted by atomic mass is 35.5. The van der Waals surface area contributed by atoms with E-state index >= 15 is 0 Å². The molecule has 0 spiro atoms. The van der Waals surface area contributed by atoms with Crippen molar-refractivity contribution in [2.45, 2.75) is 39.7 Å². The third-order valence-corrected chi connectivity index (χ3v) is 3.30. The molecule has 3 heteroatoms. The largest absolute Gasteiger partial charge is 0.271 e. The second kappa shape index (κ2) is 6.24. The van der Waals surface area contributed by atoms with Gasteiger partial charge in [0, 0.05) is 11.1 Å². The number of hydrazine groups is 1. The molecule has 2 atom stereocenters. The second-order valence-corrected chi connectivity index (χ2v) is 4.85. The van der Waals surface area contributed by atoms with E-state index in [0.717, 1.165) is 11.4 Å². The number of benzene rings is 1. The minimum atomic E-state index is 0.179. The first kappa shape index (κ1) is 13.5. The van der Waals surface area contributed by atoms with Gasteiger partial charge in [-0.3, -0.25) is 11.3 Å². The van der Waals surface area contributed by atoms with Crippen molar-refractivity contribution in [1.82, 2.24) is 5.43 Å². The summed E-state index contributed by atoms with van der Waals surface area (Å²) in [6, 6.07) is 6.14. The third kappa shape index (κ3) is 3.21. The molecule has 0 amide bonds. The van der Waals surface area contributed by atoms with Crippen LogP contribution >= 0.6 is 11.6 Å². The number of hydrogen-bond donors (Lipinski definition) is 2. The molecule has 0 fully saturated rings. The Morgan fingerprint density at radius 3 is 2.69 bits per heavy atom. The van der Waals surface area contributed by atoms with Gasteiger partial charge in [0.2, 0.25) is 0 Å². The second-order valence-electron chi connectivity index (χ2n) is 4.41. The quantitative estimate of drug-likeness (QED) is 0.610. The Bertz CT molecular complexity index is 339. The van der Waals surface area contributed by atoms with Gasteiger partial charge in [0.15, 0.2) is 0 Å². The van der Waals surface area contributed by atoms with Gasteiger partial charge in [0.05, 0.1) is 0 Å². The van der Waals surface area contributed by atoms with Crippen molar-refractivity contribution in [2.75, 3.05) is 0 Å². The SMILES string of the molecule is CCCC(C)C(NN)c1cc(Cl)ccc1C. The fraction of sp³-hybridized carbons (Fsp3) is 0.538. The summed E-state index contributed by atoms with van der Waals surface area (Å²) < 4.78 is 0. The lowest BCUT2D eigenvalue weighted by molar-refractivity contribution is 0.367. The van der Waals surface area contributed by atoms with Gasteiger partial charge in [-0.15, -0.1) is 0 Å². The Morgan fingerprint density at radius 1 is 1.44 bits per heavy atom. The molecule has 2 unspecified atom stereocenters. The molecule has 0 saturated heterocycles. The minimum absolute atomic E-state index is 0.179. The highest BCUT2D eigenvalue weighted by Crippen LogP contribution is 2.29. The maximum atomic E-state index is 6.03. The van der Waals surface area contributed by atoms with Crippen molar-refractivity contribution < 1.29 is 0 Å².